The third kappa shape index (κ3) is 5.36. The summed E-state index contributed by atoms with van der Waals surface area (Å²) >= 11 is 12.3. The highest BCUT2D eigenvalue weighted by Gasteiger charge is 2.26. The lowest BCUT2D eigenvalue weighted by atomic mass is 10.2. The van der Waals surface area contributed by atoms with E-state index in [1.54, 1.807) is 18.2 Å². The molecule has 0 spiro atoms. The van der Waals surface area contributed by atoms with E-state index in [4.69, 9.17) is 42.1 Å². The molecule has 0 saturated carbocycles. The van der Waals surface area contributed by atoms with Crippen LogP contribution in [0.3, 0.4) is 0 Å². The van der Waals surface area contributed by atoms with Gasteiger partial charge in [0.05, 0.1) is 33.5 Å². The number of carbonyl (C=O) groups is 2. The van der Waals surface area contributed by atoms with E-state index in [2.05, 4.69) is 15.5 Å². The predicted molar refractivity (Wildman–Crippen MR) is 117 cm³/mol. The lowest BCUT2D eigenvalue weighted by Crippen LogP contribution is -2.32. The minimum atomic E-state index is -1.46. The summed E-state index contributed by atoms with van der Waals surface area (Å²) in [5.74, 6) is -0.271. The Morgan fingerprint density at radius 2 is 1.52 bits per heavy atom. The number of halogens is 2. The molecule has 0 heterocycles. The second-order valence-electron chi connectivity index (χ2n) is 6.01. The second-order valence-corrected chi connectivity index (χ2v) is 6.80. The van der Waals surface area contributed by atoms with E-state index < -0.39 is 17.7 Å². The van der Waals surface area contributed by atoms with Gasteiger partial charge in [0.1, 0.15) is 27.9 Å². The van der Waals surface area contributed by atoms with Crippen LogP contribution in [0, 0.1) is 0 Å². The summed E-state index contributed by atoms with van der Waals surface area (Å²) in [5, 5.41) is 10.9. The lowest BCUT2D eigenvalue weighted by molar-refractivity contribution is -0.126. The number of amides is 1. The maximum atomic E-state index is 12.8. The average molecular weight is 470 g/mol. The van der Waals surface area contributed by atoms with E-state index in [1.807, 2.05) is 0 Å². The largest absolute Gasteiger partial charge is 0.495 e. The Labute approximate surface area is 189 Å². The van der Waals surface area contributed by atoms with Gasteiger partial charge in [-0.25, -0.2) is 0 Å². The molecule has 0 radical (unpaired) electrons. The Balaban J connectivity index is 2.39. The van der Waals surface area contributed by atoms with Crippen molar-refractivity contribution in [3.05, 3.63) is 34.3 Å². The molecule has 166 valence electrons. The molecular formula is C20H21Cl2N3O6. The maximum Gasteiger partial charge on any atom is 0.259 e. The number of nitrogens with zero attached hydrogens (tertiary/aromatic N) is 2. The van der Waals surface area contributed by atoms with E-state index >= 15 is 0 Å². The Hall–Kier alpha value is -3.04. The van der Waals surface area contributed by atoms with Crippen LogP contribution in [0.2, 0.25) is 10.0 Å². The first kappa shape index (κ1) is 24.2. The molecule has 0 bridgehead atoms. The van der Waals surface area contributed by atoms with Gasteiger partial charge in [-0.3, -0.25) is 9.59 Å². The van der Waals surface area contributed by atoms with Crippen molar-refractivity contribution < 1.29 is 28.5 Å². The number of rotatable bonds is 9. The molecule has 9 nitrogen and oxygen atoms in total. The Kier molecular flexibility index (Phi) is 8.47. The third-order valence-corrected chi connectivity index (χ3v) is 4.78. The summed E-state index contributed by atoms with van der Waals surface area (Å²) in [6, 6.07) is 4.74. The van der Waals surface area contributed by atoms with Crippen molar-refractivity contribution in [3.63, 3.8) is 0 Å². The van der Waals surface area contributed by atoms with Gasteiger partial charge in [0.2, 0.25) is 6.04 Å². The SMILES string of the molecule is COc1ccc(N=NC(C(C)=O)C(=O)Nc2c(OC)ccc(Cl)c2OC)c(OC)c1Cl. The normalized spacial score (nSPS) is 11.7. The van der Waals surface area contributed by atoms with Crippen LogP contribution in [0.15, 0.2) is 34.5 Å². The highest BCUT2D eigenvalue weighted by atomic mass is 35.5. The summed E-state index contributed by atoms with van der Waals surface area (Å²) in [5.41, 5.74) is 0.374. The van der Waals surface area contributed by atoms with Gasteiger partial charge in [0, 0.05) is 0 Å². The number of methoxy groups -OCH3 is 4. The van der Waals surface area contributed by atoms with Crippen LogP contribution in [0.5, 0.6) is 23.0 Å². The van der Waals surface area contributed by atoms with Crippen molar-refractivity contribution >= 4 is 46.3 Å². The topological polar surface area (TPSA) is 108 Å². The quantitative estimate of drug-likeness (QED) is 0.420. The smallest absolute Gasteiger partial charge is 0.259 e. The summed E-state index contributed by atoms with van der Waals surface area (Å²) in [6.45, 7) is 1.22. The molecule has 0 fully saturated rings. The highest BCUT2D eigenvalue weighted by molar-refractivity contribution is 6.34. The van der Waals surface area contributed by atoms with Gasteiger partial charge < -0.3 is 24.3 Å². The predicted octanol–water partition coefficient (Wildman–Crippen LogP) is 4.71. The summed E-state index contributed by atoms with van der Waals surface area (Å²) in [4.78, 5) is 24.9. The number of nitrogens with one attached hydrogen (secondary N) is 1. The number of Topliss-reactive ketones (excluding diaryl/α,β-unsaturated/α-hetero) is 1. The number of benzene rings is 2. The highest BCUT2D eigenvalue weighted by Crippen LogP contribution is 2.42. The fourth-order valence-corrected chi connectivity index (χ4v) is 3.16. The van der Waals surface area contributed by atoms with E-state index in [9.17, 15) is 9.59 Å². The van der Waals surface area contributed by atoms with Crippen molar-refractivity contribution in [1.82, 2.24) is 0 Å². The van der Waals surface area contributed by atoms with Gasteiger partial charge in [-0.1, -0.05) is 23.2 Å². The Bertz CT molecular complexity index is 1010. The minimum absolute atomic E-state index is 0.161. The van der Waals surface area contributed by atoms with Crippen LogP contribution in [0.4, 0.5) is 11.4 Å². The van der Waals surface area contributed by atoms with Crippen molar-refractivity contribution in [1.29, 1.82) is 0 Å². The molecule has 0 aliphatic rings. The second kappa shape index (κ2) is 10.8. The molecule has 0 saturated heterocycles. The fourth-order valence-electron chi connectivity index (χ4n) is 2.62. The lowest BCUT2D eigenvalue weighted by Gasteiger charge is -2.16. The zero-order chi connectivity index (χ0) is 23.1. The average Bonchev–Trinajstić information content (AvgIpc) is 2.74. The van der Waals surface area contributed by atoms with E-state index in [0.717, 1.165) is 0 Å². The first-order valence-corrected chi connectivity index (χ1v) is 9.57. The van der Waals surface area contributed by atoms with Crippen molar-refractivity contribution in [2.75, 3.05) is 33.8 Å². The van der Waals surface area contributed by atoms with Crippen LogP contribution in [0.1, 0.15) is 6.92 Å². The summed E-state index contributed by atoms with van der Waals surface area (Å²) in [6.07, 6.45) is 0. The monoisotopic (exact) mass is 469 g/mol. The van der Waals surface area contributed by atoms with Crippen LogP contribution >= 0.6 is 23.2 Å². The Morgan fingerprint density at radius 1 is 0.903 bits per heavy atom. The van der Waals surface area contributed by atoms with Gasteiger partial charge in [-0.2, -0.15) is 10.2 Å². The zero-order valence-electron chi connectivity index (χ0n) is 17.5. The Morgan fingerprint density at radius 3 is 2.06 bits per heavy atom. The molecule has 2 aromatic rings. The number of ketones is 1. The molecule has 2 rings (SSSR count). The van der Waals surface area contributed by atoms with Crippen LogP contribution in [-0.4, -0.2) is 46.2 Å². The number of hydrogen-bond acceptors (Lipinski definition) is 8. The number of hydrogen-bond donors (Lipinski definition) is 1. The molecule has 1 atom stereocenters. The van der Waals surface area contributed by atoms with E-state index in [0.29, 0.717) is 5.75 Å². The third-order valence-electron chi connectivity index (χ3n) is 4.12. The maximum absolute atomic E-state index is 12.8. The van der Waals surface area contributed by atoms with Crippen molar-refractivity contribution in [2.24, 2.45) is 10.2 Å². The summed E-state index contributed by atoms with van der Waals surface area (Å²) < 4.78 is 20.9. The van der Waals surface area contributed by atoms with Crippen LogP contribution < -0.4 is 24.3 Å². The molecule has 31 heavy (non-hydrogen) atoms. The molecule has 2 aromatic carbocycles. The van der Waals surface area contributed by atoms with Gasteiger partial charge >= 0.3 is 0 Å². The number of ether oxygens (including phenoxy) is 4. The molecule has 0 aromatic heterocycles. The minimum Gasteiger partial charge on any atom is -0.495 e. The molecule has 1 unspecified atom stereocenters. The van der Waals surface area contributed by atoms with Gasteiger partial charge in [-0.05, 0) is 31.2 Å². The standard InChI is InChI=1S/C20H21Cl2N3O6/c1-10(26)16(25-24-12-7-9-13(28-2)15(22)19(12)31-5)20(27)23-17-14(29-3)8-6-11(21)18(17)30-4/h6-9,16H,1-5H3,(H,23,27). The first-order chi connectivity index (χ1) is 14.8. The fraction of sp³-hybridized carbons (Fsp3) is 0.300. The molecule has 0 aliphatic heterocycles. The molecule has 1 N–H and O–H groups in total. The van der Waals surface area contributed by atoms with Crippen LogP contribution in [0.25, 0.3) is 0 Å². The van der Waals surface area contributed by atoms with Crippen LogP contribution in [-0.2, 0) is 9.59 Å². The van der Waals surface area contributed by atoms with Crippen molar-refractivity contribution in [2.45, 2.75) is 13.0 Å². The van der Waals surface area contributed by atoms with Gasteiger partial charge in [-0.15, -0.1) is 0 Å². The first-order valence-electron chi connectivity index (χ1n) is 8.82. The number of anilines is 1. The molecule has 0 aliphatic carbocycles. The molecular weight excluding hydrogens is 449 g/mol. The van der Waals surface area contributed by atoms with Gasteiger partial charge in [0.15, 0.2) is 17.3 Å². The van der Waals surface area contributed by atoms with Gasteiger partial charge in [0.25, 0.3) is 5.91 Å². The van der Waals surface area contributed by atoms with E-state index in [-0.39, 0.29) is 38.7 Å². The van der Waals surface area contributed by atoms with Crippen molar-refractivity contribution in [3.8, 4) is 23.0 Å². The molecule has 11 heteroatoms. The zero-order valence-corrected chi connectivity index (χ0v) is 19.0. The number of carbonyl (C=O) groups excluding carboxylic acids is 2. The molecule has 1 amide bonds. The number of azo groups is 1. The van der Waals surface area contributed by atoms with E-state index in [1.165, 1.54) is 41.4 Å². The summed E-state index contributed by atoms with van der Waals surface area (Å²) in [7, 11) is 5.65.